The van der Waals surface area contributed by atoms with Crippen LogP contribution in [0.15, 0.2) is 4.60 Å². The van der Waals surface area contributed by atoms with Crippen LogP contribution in [0.5, 0.6) is 0 Å². The molecule has 0 aromatic carbocycles. The lowest BCUT2D eigenvalue weighted by molar-refractivity contribution is 0.631. The van der Waals surface area contributed by atoms with Gasteiger partial charge in [0.25, 0.3) is 0 Å². The van der Waals surface area contributed by atoms with Crippen molar-refractivity contribution in [1.82, 2.24) is 9.78 Å². The predicted molar refractivity (Wildman–Crippen MR) is 55.5 cm³/mol. The highest BCUT2D eigenvalue weighted by Gasteiger charge is 2.18. The molecule has 66 valence electrons. The topological polar surface area (TPSA) is 17.8 Å². The van der Waals surface area contributed by atoms with Crippen LogP contribution < -0.4 is 0 Å². The molecule has 2 rings (SSSR count). The summed E-state index contributed by atoms with van der Waals surface area (Å²) in [4.78, 5) is 0. The molecule has 0 saturated carbocycles. The van der Waals surface area contributed by atoms with Crippen LogP contribution in [0.4, 0.5) is 0 Å². The highest BCUT2D eigenvalue weighted by molar-refractivity contribution is 9.10. The van der Waals surface area contributed by atoms with Gasteiger partial charge in [0, 0.05) is 17.9 Å². The average molecular weight is 247 g/mol. The Kier molecular flexibility index (Phi) is 2.46. The van der Waals surface area contributed by atoms with Gasteiger partial charge in [0.05, 0.1) is 5.69 Å². The monoisotopic (exact) mass is 246 g/mol. The zero-order valence-corrected chi connectivity index (χ0v) is 9.41. The molecule has 0 saturated heterocycles. The summed E-state index contributed by atoms with van der Waals surface area (Å²) in [6.45, 7) is 3.12. The van der Waals surface area contributed by atoms with Crippen molar-refractivity contribution in [3.8, 4) is 0 Å². The SMILES string of the molecule is CCn1nc(Br)c2c1CSCC2. The Morgan fingerprint density at radius 1 is 1.67 bits per heavy atom. The second-order valence-corrected chi connectivity index (χ2v) is 4.69. The highest BCUT2D eigenvalue weighted by atomic mass is 79.9. The number of thioether (sulfide) groups is 1. The first-order valence-electron chi connectivity index (χ1n) is 4.14. The molecule has 0 atom stereocenters. The van der Waals surface area contributed by atoms with Crippen LogP contribution in [-0.4, -0.2) is 15.5 Å². The fourth-order valence-electron chi connectivity index (χ4n) is 1.52. The van der Waals surface area contributed by atoms with Crippen LogP contribution in [0.25, 0.3) is 0 Å². The summed E-state index contributed by atoms with van der Waals surface area (Å²) in [6.07, 6.45) is 1.17. The third-order valence-corrected chi connectivity index (χ3v) is 3.76. The summed E-state index contributed by atoms with van der Waals surface area (Å²) < 4.78 is 3.16. The molecule has 2 heterocycles. The van der Waals surface area contributed by atoms with Crippen LogP contribution in [0.1, 0.15) is 18.2 Å². The van der Waals surface area contributed by atoms with Gasteiger partial charge >= 0.3 is 0 Å². The van der Waals surface area contributed by atoms with Crippen molar-refractivity contribution in [2.24, 2.45) is 0 Å². The van der Waals surface area contributed by atoms with Crippen molar-refractivity contribution in [3.05, 3.63) is 15.9 Å². The number of fused-ring (bicyclic) bond motifs is 1. The van der Waals surface area contributed by atoms with E-state index < -0.39 is 0 Å². The van der Waals surface area contributed by atoms with Crippen molar-refractivity contribution in [3.63, 3.8) is 0 Å². The summed E-state index contributed by atoms with van der Waals surface area (Å²) in [5, 5.41) is 4.43. The molecular formula is C8H11BrN2S. The summed E-state index contributed by atoms with van der Waals surface area (Å²) in [5.41, 5.74) is 2.84. The number of hydrogen-bond acceptors (Lipinski definition) is 2. The van der Waals surface area contributed by atoms with E-state index in [1.54, 1.807) is 0 Å². The van der Waals surface area contributed by atoms with Gasteiger partial charge in [-0.2, -0.15) is 16.9 Å². The molecule has 0 spiro atoms. The molecule has 0 unspecified atom stereocenters. The van der Waals surface area contributed by atoms with Gasteiger partial charge in [0.1, 0.15) is 4.60 Å². The van der Waals surface area contributed by atoms with Crippen molar-refractivity contribution >= 4 is 27.7 Å². The van der Waals surface area contributed by atoms with Crippen LogP contribution in [-0.2, 0) is 18.7 Å². The molecule has 1 aromatic heterocycles. The van der Waals surface area contributed by atoms with E-state index in [0.29, 0.717) is 0 Å². The van der Waals surface area contributed by atoms with Crippen LogP contribution >= 0.6 is 27.7 Å². The maximum absolute atomic E-state index is 4.43. The van der Waals surface area contributed by atoms with Crippen molar-refractivity contribution in [1.29, 1.82) is 0 Å². The molecule has 0 aliphatic carbocycles. The number of nitrogens with zero attached hydrogens (tertiary/aromatic N) is 2. The van der Waals surface area contributed by atoms with Gasteiger partial charge in [-0.1, -0.05) is 0 Å². The third kappa shape index (κ3) is 1.31. The van der Waals surface area contributed by atoms with E-state index in [1.165, 1.54) is 23.4 Å². The second kappa shape index (κ2) is 3.42. The third-order valence-electron chi connectivity index (χ3n) is 2.15. The first-order valence-corrected chi connectivity index (χ1v) is 6.09. The van der Waals surface area contributed by atoms with Crippen LogP contribution in [0.2, 0.25) is 0 Å². The van der Waals surface area contributed by atoms with Crippen LogP contribution in [0, 0.1) is 0 Å². The molecule has 1 aliphatic rings. The van der Waals surface area contributed by atoms with E-state index in [1.807, 2.05) is 11.8 Å². The normalized spacial score (nSPS) is 16.2. The predicted octanol–water partition coefficient (Wildman–Crippen LogP) is 2.45. The Balaban J connectivity index is 2.47. The molecule has 1 aliphatic heterocycles. The van der Waals surface area contributed by atoms with E-state index in [2.05, 4.69) is 32.6 Å². The zero-order valence-electron chi connectivity index (χ0n) is 7.01. The van der Waals surface area contributed by atoms with E-state index >= 15 is 0 Å². The zero-order chi connectivity index (χ0) is 8.55. The fourth-order valence-corrected chi connectivity index (χ4v) is 3.14. The van der Waals surface area contributed by atoms with Gasteiger partial charge in [-0.25, -0.2) is 0 Å². The molecule has 0 N–H and O–H groups in total. The maximum Gasteiger partial charge on any atom is 0.131 e. The summed E-state index contributed by atoms with van der Waals surface area (Å²) in [7, 11) is 0. The number of halogens is 1. The summed E-state index contributed by atoms with van der Waals surface area (Å²) in [5.74, 6) is 2.36. The Bertz CT molecular complexity index is 295. The van der Waals surface area contributed by atoms with Gasteiger partial charge in [-0.05, 0) is 35.0 Å². The minimum Gasteiger partial charge on any atom is -0.268 e. The summed E-state index contributed by atoms with van der Waals surface area (Å²) >= 11 is 5.50. The molecule has 0 bridgehead atoms. The number of aryl methyl sites for hydroxylation is 1. The Labute approximate surface area is 84.8 Å². The lowest BCUT2D eigenvalue weighted by atomic mass is 10.2. The molecule has 0 amide bonds. The Morgan fingerprint density at radius 2 is 2.50 bits per heavy atom. The summed E-state index contributed by atoms with van der Waals surface area (Å²) in [6, 6.07) is 0. The lowest BCUT2D eigenvalue weighted by Crippen LogP contribution is -2.07. The highest BCUT2D eigenvalue weighted by Crippen LogP contribution is 2.29. The van der Waals surface area contributed by atoms with Crippen molar-refractivity contribution in [2.75, 3.05) is 5.75 Å². The minimum absolute atomic E-state index is 0.981. The second-order valence-electron chi connectivity index (χ2n) is 2.83. The Morgan fingerprint density at radius 3 is 3.25 bits per heavy atom. The minimum atomic E-state index is 0.981. The molecular weight excluding hydrogens is 236 g/mol. The number of aromatic nitrogens is 2. The van der Waals surface area contributed by atoms with Gasteiger partial charge in [-0.15, -0.1) is 0 Å². The molecule has 0 fully saturated rings. The molecule has 1 aromatic rings. The molecule has 12 heavy (non-hydrogen) atoms. The van der Waals surface area contributed by atoms with Gasteiger partial charge < -0.3 is 0 Å². The average Bonchev–Trinajstić information content (AvgIpc) is 2.44. The van der Waals surface area contributed by atoms with E-state index in [9.17, 15) is 0 Å². The molecule has 0 radical (unpaired) electrons. The van der Waals surface area contributed by atoms with Gasteiger partial charge in [0.2, 0.25) is 0 Å². The van der Waals surface area contributed by atoms with Gasteiger partial charge in [0.15, 0.2) is 0 Å². The molecule has 2 nitrogen and oxygen atoms in total. The standard InChI is InChI=1S/C8H11BrN2S/c1-2-11-7-5-12-4-3-6(7)8(9)10-11/h2-5H2,1H3. The quantitative estimate of drug-likeness (QED) is 0.758. The van der Waals surface area contributed by atoms with E-state index in [0.717, 1.165) is 16.9 Å². The number of hydrogen-bond donors (Lipinski definition) is 0. The smallest absolute Gasteiger partial charge is 0.131 e. The van der Waals surface area contributed by atoms with E-state index in [4.69, 9.17) is 0 Å². The fraction of sp³-hybridized carbons (Fsp3) is 0.625. The van der Waals surface area contributed by atoms with Gasteiger partial charge in [-0.3, -0.25) is 4.68 Å². The maximum atomic E-state index is 4.43. The van der Waals surface area contributed by atoms with Crippen molar-refractivity contribution in [2.45, 2.75) is 25.6 Å². The lowest BCUT2D eigenvalue weighted by Gasteiger charge is -2.12. The molecule has 4 heteroatoms. The van der Waals surface area contributed by atoms with E-state index in [-0.39, 0.29) is 0 Å². The number of rotatable bonds is 1. The van der Waals surface area contributed by atoms with Crippen LogP contribution in [0.3, 0.4) is 0 Å². The first kappa shape index (κ1) is 8.63. The largest absolute Gasteiger partial charge is 0.268 e. The van der Waals surface area contributed by atoms with Crippen molar-refractivity contribution < 1.29 is 0 Å². The first-order chi connectivity index (χ1) is 5.83. The Hall–Kier alpha value is 0.0400.